The molecule has 1 aromatic rings. The van der Waals surface area contributed by atoms with E-state index >= 15 is 0 Å². The lowest BCUT2D eigenvalue weighted by Gasteiger charge is -2.28. The number of rotatable bonds is 3. The highest BCUT2D eigenvalue weighted by molar-refractivity contribution is 5.95. The summed E-state index contributed by atoms with van der Waals surface area (Å²) in [6, 6.07) is 4.39. The van der Waals surface area contributed by atoms with E-state index in [4.69, 9.17) is 0 Å². The highest BCUT2D eigenvalue weighted by Crippen LogP contribution is 2.32. The number of carbonyl (C=O) groups excluding carboxylic acids is 1. The third kappa shape index (κ3) is 4.87. The van der Waals surface area contributed by atoms with Crippen molar-refractivity contribution in [2.45, 2.75) is 44.4 Å². The van der Waals surface area contributed by atoms with Crippen LogP contribution < -0.4 is 10.1 Å². The van der Waals surface area contributed by atoms with Gasteiger partial charge in [-0.2, -0.15) is 0 Å². The standard InChI is InChI=1S/C18H23F3N2O2/c19-18(20,21)25-16-11-14(13-4-6-22-7-5-13)10-15(12-16)17(24)23-8-2-1-3-9-23/h10-13,22H,1-9H2. The summed E-state index contributed by atoms with van der Waals surface area (Å²) in [4.78, 5) is 14.5. The van der Waals surface area contributed by atoms with Gasteiger partial charge in [0.2, 0.25) is 0 Å². The highest BCUT2D eigenvalue weighted by Gasteiger charge is 2.32. The van der Waals surface area contributed by atoms with Gasteiger partial charge in [0.1, 0.15) is 5.75 Å². The van der Waals surface area contributed by atoms with Gasteiger partial charge >= 0.3 is 6.36 Å². The summed E-state index contributed by atoms with van der Waals surface area (Å²) >= 11 is 0. The SMILES string of the molecule is O=C(c1cc(OC(F)(F)F)cc(C2CCNCC2)c1)N1CCCCC1. The lowest BCUT2D eigenvalue weighted by atomic mass is 9.89. The lowest BCUT2D eigenvalue weighted by molar-refractivity contribution is -0.274. The van der Waals surface area contributed by atoms with Crippen molar-refractivity contribution in [3.63, 3.8) is 0 Å². The molecule has 25 heavy (non-hydrogen) atoms. The first-order chi connectivity index (χ1) is 11.9. The van der Waals surface area contributed by atoms with Crippen LogP contribution in [0, 0.1) is 0 Å². The van der Waals surface area contributed by atoms with E-state index in [9.17, 15) is 18.0 Å². The van der Waals surface area contributed by atoms with Crippen molar-refractivity contribution in [2.75, 3.05) is 26.2 Å². The Balaban J connectivity index is 1.89. The van der Waals surface area contributed by atoms with Crippen molar-refractivity contribution < 1.29 is 22.7 Å². The number of piperidine rings is 2. The van der Waals surface area contributed by atoms with E-state index < -0.39 is 6.36 Å². The van der Waals surface area contributed by atoms with E-state index in [2.05, 4.69) is 10.1 Å². The average molecular weight is 356 g/mol. The molecule has 138 valence electrons. The van der Waals surface area contributed by atoms with Gasteiger partial charge in [0.25, 0.3) is 5.91 Å². The van der Waals surface area contributed by atoms with Gasteiger partial charge in [0.15, 0.2) is 0 Å². The maximum atomic E-state index is 12.7. The predicted molar refractivity (Wildman–Crippen MR) is 87.7 cm³/mol. The van der Waals surface area contributed by atoms with Crippen LogP contribution in [0.3, 0.4) is 0 Å². The molecule has 0 bridgehead atoms. The quantitative estimate of drug-likeness (QED) is 0.898. The molecule has 0 saturated carbocycles. The summed E-state index contributed by atoms with van der Waals surface area (Å²) in [5.74, 6) is -0.364. The summed E-state index contributed by atoms with van der Waals surface area (Å²) in [6.45, 7) is 2.96. The Morgan fingerprint density at radius 2 is 1.76 bits per heavy atom. The number of hydrogen-bond acceptors (Lipinski definition) is 3. The third-order valence-corrected chi connectivity index (χ3v) is 4.86. The molecule has 2 aliphatic rings. The molecule has 2 heterocycles. The first-order valence-corrected chi connectivity index (χ1v) is 8.83. The Bertz CT molecular complexity index is 607. The molecule has 2 saturated heterocycles. The van der Waals surface area contributed by atoms with Crippen LogP contribution >= 0.6 is 0 Å². The molecule has 2 fully saturated rings. The monoisotopic (exact) mass is 356 g/mol. The summed E-state index contributed by atoms with van der Waals surface area (Å²) < 4.78 is 42.2. The van der Waals surface area contributed by atoms with Crippen LogP contribution in [0.2, 0.25) is 0 Å². The molecular weight excluding hydrogens is 333 g/mol. The maximum Gasteiger partial charge on any atom is 0.573 e. The van der Waals surface area contributed by atoms with Gasteiger partial charge in [-0.3, -0.25) is 4.79 Å². The zero-order valence-corrected chi connectivity index (χ0v) is 14.1. The second-order valence-electron chi connectivity index (χ2n) is 6.72. The van der Waals surface area contributed by atoms with Crippen LogP contribution in [0.4, 0.5) is 13.2 Å². The minimum absolute atomic E-state index is 0.144. The van der Waals surface area contributed by atoms with Crippen LogP contribution in [0.15, 0.2) is 18.2 Å². The maximum absolute atomic E-state index is 12.7. The van der Waals surface area contributed by atoms with E-state index in [0.29, 0.717) is 13.1 Å². The van der Waals surface area contributed by atoms with Crippen LogP contribution in [-0.4, -0.2) is 43.3 Å². The number of nitrogens with one attached hydrogen (secondary N) is 1. The number of nitrogens with zero attached hydrogens (tertiary/aromatic N) is 1. The zero-order chi connectivity index (χ0) is 17.9. The van der Waals surface area contributed by atoms with Crippen molar-refractivity contribution in [2.24, 2.45) is 0 Å². The molecule has 0 aromatic heterocycles. The van der Waals surface area contributed by atoms with E-state index in [1.807, 2.05) is 0 Å². The van der Waals surface area contributed by atoms with Crippen LogP contribution in [0.5, 0.6) is 5.75 Å². The molecular formula is C18H23F3N2O2. The van der Waals surface area contributed by atoms with Gasteiger partial charge < -0.3 is 15.0 Å². The number of ether oxygens (including phenoxy) is 1. The molecule has 4 nitrogen and oxygen atoms in total. The van der Waals surface area contributed by atoms with Crippen molar-refractivity contribution in [3.05, 3.63) is 29.3 Å². The first-order valence-electron chi connectivity index (χ1n) is 8.83. The number of likely N-dealkylation sites (tertiary alicyclic amines) is 1. The minimum Gasteiger partial charge on any atom is -0.406 e. The largest absolute Gasteiger partial charge is 0.573 e. The summed E-state index contributed by atoms with van der Waals surface area (Å²) in [5.41, 5.74) is 1.04. The topological polar surface area (TPSA) is 41.6 Å². The smallest absolute Gasteiger partial charge is 0.406 e. The minimum atomic E-state index is -4.77. The zero-order valence-electron chi connectivity index (χ0n) is 14.1. The molecule has 0 radical (unpaired) electrons. The summed E-state index contributed by atoms with van der Waals surface area (Å²) in [5, 5.41) is 3.24. The van der Waals surface area contributed by atoms with Crippen molar-refractivity contribution in [1.29, 1.82) is 0 Å². The van der Waals surface area contributed by atoms with Gasteiger partial charge in [-0.1, -0.05) is 0 Å². The highest BCUT2D eigenvalue weighted by atomic mass is 19.4. The number of alkyl halides is 3. The van der Waals surface area contributed by atoms with E-state index in [-0.39, 0.29) is 23.1 Å². The Labute approximate surface area is 145 Å². The second kappa shape index (κ2) is 7.64. The Hall–Kier alpha value is -1.76. The van der Waals surface area contributed by atoms with Gasteiger partial charge in [0, 0.05) is 18.7 Å². The van der Waals surface area contributed by atoms with E-state index in [0.717, 1.165) is 50.8 Å². The van der Waals surface area contributed by atoms with Gasteiger partial charge in [-0.05, 0) is 74.9 Å². The van der Waals surface area contributed by atoms with Crippen LogP contribution in [0.1, 0.15) is 53.9 Å². The number of amides is 1. The normalized spacial score (nSPS) is 19.7. The summed E-state index contributed by atoms with van der Waals surface area (Å²) in [7, 11) is 0. The predicted octanol–water partition coefficient (Wildman–Crippen LogP) is 3.68. The van der Waals surface area contributed by atoms with Crippen LogP contribution in [0.25, 0.3) is 0 Å². The van der Waals surface area contributed by atoms with Crippen LogP contribution in [-0.2, 0) is 0 Å². The van der Waals surface area contributed by atoms with E-state index in [1.54, 1.807) is 11.0 Å². The fourth-order valence-electron chi connectivity index (χ4n) is 3.61. The lowest BCUT2D eigenvalue weighted by Crippen LogP contribution is -2.35. The average Bonchev–Trinajstić information content (AvgIpc) is 2.61. The van der Waals surface area contributed by atoms with Crippen molar-refractivity contribution in [1.82, 2.24) is 10.2 Å². The second-order valence-corrected chi connectivity index (χ2v) is 6.72. The van der Waals surface area contributed by atoms with E-state index in [1.165, 1.54) is 12.1 Å². The van der Waals surface area contributed by atoms with Gasteiger partial charge in [-0.15, -0.1) is 13.2 Å². The third-order valence-electron chi connectivity index (χ3n) is 4.86. The van der Waals surface area contributed by atoms with Gasteiger partial charge in [-0.25, -0.2) is 0 Å². The van der Waals surface area contributed by atoms with Crippen molar-refractivity contribution in [3.8, 4) is 5.75 Å². The molecule has 1 aromatic carbocycles. The Kier molecular flexibility index (Phi) is 5.51. The fourth-order valence-corrected chi connectivity index (χ4v) is 3.61. The van der Waals surface area contributed by atoms with Crippen molar-refractivity contribution >= 4 is 5.91 Å². The molecule has 7 heteroatoms. The molecule has 1 amide bonds. The number of halogens is 3. The molecule has 0 atom stereocenters. The number of benzene rings is 1. The molecule has 3 rings (SSSR count). The molecule has 0 unspecified atom stereocenters. The Morgan fingerprint density at radius 1 is 1.08 bits per heavy atom. The molecule has 0 aliphatic carbocycles. The molecule has 2 aliphatic heterocycles. The van der Waals surface area contributed by atoms with Gasteiger partial charge in [0.05, 0.1) is 0 Å². The first kappa shape index (κ1) is 18.0. The summed E-state index contributed by atoms with van der Waals surface area (Å²) in [6.07, 6.45) is -0.129. The number of hydrogen-bond donors (Lipinski definition) is 1. The fraction of sp³-hybridized carbons (Fsp3) is 0.611. The molecule has 1 N–H and O–H groups in total. The Morgan fingerprint density at radius 3 is 2.40 bits per heavy atom. The molecule has 0 spiro atoms. The number of carbonyl (C=O) groups is 1.